The molecule has 0 spiro atoms. The second kappa shape index (κ2) is 7.54. The maximum Gasteiger partial charge on any atom is 0.0876 e. The summed E-state index contributed by atoms with van der Waals surface area (Å²) in [4.78, 5) is 8.93. The van der Waals surface area contributed by atoms with E-state index in [0.717, 1.165) is 22.6 Å². The van der Waals surface area contributed by atoms with Gasteiger partial charge in [0.15, 0.2) is 0 Å². The monoisotopic (exact) mass is 307 g/mol. The molecule has 20 heavy (non-hydrogen) atoms. The first kappa shape index (κ1) is 16.0. The largest absolute Gasteiger partial charge is 0.412 e. The molecule has 4 heteroatoms. The zero-order valence-corrected chi connectivity index (χ0v) is 11.5. The summed E-state index contributed by atoms with van der Waals surface area (Å²) in [5, 5.41) is 0. The second-order valence-corrected chi connectivity index (χ2v) is 3.90. The molecule has 0 atom stereocenters. The van der Waals surface area contributed by atoms with E-state index in [2.05, 4.69) is 16.0 Å². The molecular weight excluding hydrogens is 295 g/mol. The van der Waals surface area contributed by atoms with Crippen LogP contribution in [-0.4, -0.2) is 15.4 Å². The molecule has 0 bridgehead atoms. The van der Waals surface area contributed by atoms with Crippen LogP contribution in [0, 0.1) is 6.07 Å². The van der Waals surface area contributed by atoms with Gasteiger partial charge in [-0.1, -0.05) is 18.2 Å². The fraction of sp³-hybridized carbons (Fsp3) is 0. The third-order valence-corrected chi connectivity index (χ3v) is 2.66. The van der Waals surface area contributed by atoms with E-state index in [0.29, 0.717) is 0 Å². The number of hydrogen-bond donors (Lipinski definition) is 0. The van der Waals surface area contributed by atoms with Gasteiger partial charge in [0, 0.05) is 22.7 Å². The number of hydrogen-bond acceptors (Lipinski definition) is 2. The summed E-state index contributed by atoms with van der Waals surface area (Å²) in [6.07, 6.45) is 1.78. The molecule has 0 unspecified atom stereocenters. The van der Waals surface area contributed by atoms with Crippen LogP contribution in [-0.2, 0) is 16.5 Å². The molecule has 0 aliphatic carbocycles. The van der Waals surface area contributed by atoms with E-state index in [1.807, 2.05) is 60.7 Å². The van der Waals surface area contributed by atoms with Gasteiger partial charge in [-0.05, 0) is 23.9 Å². The van der Waals surface area contributed by atoms with E-state index in [4.69, 9.17) is 0 Å². The van der Waals surface area contributed by atoms with E-state index in [9.17, 15) is 0 Å². The first-order chi connectivity index (χ1) is 8.93. The van der Waals surface area contributed by atoms with Crippen molar-refractivity contribution in [3.05, 3.63) is 72.9 Å². The molecule has 2 N–H and O–H groups in total. The third-order valence-electron chi connectivity index (χ3n) is 2.66. The molecule has 1 aromatic carbocycles. The predicted molar refractivity (Wildman–Crippen MR) is 75.4 cm³/mol. The average molecular weight is 308 g/mol. The smallest absolute Gasteiger partial charge is 0.0876 e. The second-order valence-electron chi connectivity index (χ2n) is 3.90. The van der Waals surface area contributed by atoms with Crippen LogP contribution in [0.25, 0.3) is 22.6 Å². The molecule has 0 saturated carbocycles. The number of aromatic nitrogens is 2. The molecule has 3 rings (SSSR count). The summed E-state index contributed by atoms with van der Waals surface area (Å²) in [7, 11) is 0. The SMILES string of the molecule is O.[Ni].[c-]1ccccc1-c1cccc(-c2ccccn2)n1. The molecular formula is C16H13N2NiO-. The molecule has 2 heterocycles. The van der Waals surface area contributed by atoms with Gasteiger partial charge in [0.2, 0.25) is 0 Å². The van der Waals surface area contributed by atoms with Crippen LogP contribution in [0.3, 0.4) is 0 Å². The zero-order valence-electron chi connectivity index (χ0n) is 10.6. The number of pyridine rings is 2. The molecule has 0 fully saturated rings. The topological polar surface area (TPSA) is 57.3 Å². The van der Waals surface area contributed by atoms with Crippen molar-refractivity contribution in [3.8, 4) is 22.6 Å². The summed E-state index contributed by atoms with van der Waals surface area (Å²) < 4.78 is 0. The van der Waals surface area contributed by atoms with Gasteiger partial charge >= 0.3 is 0 Å². The standard InChI is InChI=1S/C16H11N2.Ni.H2O/c1-2-7-13(8-3-1)14-10-6-11-16(18-14)15-9-4-5-12-17-15;;/h1-7,9-12H;;1H2/q-1;;. The van der Waals surface area contributed by atoms with E-state index < -0.39 is 0 Å². The van der Waals surface area contributed by atoms with Crippen LogP contribution in [0.5, 0.6) is 0 Å². The summed E-state index contributed by atoms with van der Waals surface area (Å²) in [6, 6.07) is 22.8. The molecule has 0 radical (unpaired) electrons. The Bertz CT molecular complexity index is 590. The van der Waals surface area contributed by atoms with Crippen LogP contribution < -0.4 is 0 Å². The number of rotatable bonds is 2. The Labute approximate surface area is 128 Å². The molecule has 0 amide bonds. The van der Waals surface area contributed by atoms with Crippen molar-refractivity contribution < 1.29 is 22.0 Å². The van der Waals surface area contributed by atoms with Crippen LogP contribution in [0.4, 0.5) is 0 Å². The van der Waals surface area contributed by atoms with E-state index in [-0.39, 0.29) is 22.0 Å². The summed E-state index contributed by atoms with van der Waals surface area (Å²) in [5.74, 6) is 0. The van der Waals surface area contributed by atoms with Crippen molar-refractivity contribution in [1.82, 2.24) is 9.97 Å². The van der Waals surface area contributed by atoms with Crippen LogP contribution in [0.2, 0.25) is 0 Å². The Hall–Kier alpha value is -2.03. The van der Waals surface area contributed by atoms with Gasteiger partial charge < -0.3 is 5.48 Å². The van der Waals surface area contributed by atoms with E-state index >= 15 is 0 Å². The minimum Gasteiger partial charge on any atom is -0.412 e. The van der Waals surface area contributed by atoms with Crippen LogP contribution >= 0.6 is 0 Å². The zero-order chi connectivity index (χ0) is 12.2. The normalized spacial score (nSPS) is 9.20. The van der Waals surface area contributed by atoms with Gasteiger partial charge in [-0.15, -0.1) is 35.9 Å². The Morgan fingerprint density at radius 3 is 2.20 bits per heavy atom. The van der Waals surface area contributed by atoms with Crippen molar-refractivity contribution in [2.75, 3.05) is 0 Å². The van der Waals surface area contributed by atoms with Gasteiger partial charge in [-0.3, -0.25) is 9.97 Å². The van der Waals surface area contributed by atoms with Crippen LogP contribution in [0.1, 0.15) is 0 Å². The summed E-state index contributed by atoms with van der Waals surface area (Å²) in [5.41, 5.74) is 3.68. The molecule has 3 aromatic rings. The van der Waals surface area contributed by atoms with Gasteiger partial charge in [0.05, 0.1) is 11.4 Å². The minimum absolute atomic E-state index is 0. The van der Waals surface area contributed by atoms with Gasteiger partial charge in [0.1, 0.15) is 0 Å². The summed E-state index contributed by atoms with van der Waals surface area (Å²) in [6.45, 7) is 0. The predicted octanol–water partition coefficient (Wildman–Crippen LogP) is 2.78. The third kappa shape index (κ3) is 3.50. The first-order valence-electron chi connectivity index (χ1n) is 5.79. The number of benzene rings is 1. The maximum atomic E-state index is 4.62. The Morgan fingerprint density at radius 2 is 1.50 bits per heavy atom. The minimum atomic E-state index is 0. The van der Waals surface area contributed by atoms with Crippen molar-refractivity contribution in [2.24, 2.45) is 0 Å². The van der Waals surface area contributed by atoms with E-state index in [1.165, 1.54) is 0 Å². The number of nitrogens with zero attached hydrogens (tertiary/aromatic N) is 2. The van der Waals surface area contributed by atoms with Crippen molar-refractivity contribution >= 4 is 0 Å². The maximum absolute atomic E-state index is 4.62. The average Bonchev–Trinajstić information content (AvgIpc) is 2.49. The fourth-order valence-corrected chi connectivity index (χ4v) is 1.79. The fourth-order valence-electron chi connectivity index (χ4n) is 1.79. The van der Waals surface area contributed by atoms with Gasteiger partial charge in [0.25, 0.3) is 0 Å². The Balaban J connectivity index is 0.000001000. The molecule has 104 valence electrons. The molecule has 0 aliphatic heterocycles. The van der Waals surface area contributed by atoms with E-state index in [1.54, 1.807) is 6.20 Å². The Kier molecular flexibility index (Phi) is 6.04. The molecule has 0 aliphatic rings. The molecule has 2 aromatic heterocycles. The van der Waals surface area contributed by atoms with Crippen molar-refractivity contribution in [2.45, 2.75) is 0 Å². The van der Waals surface area contributed by atoms with Crippen LogP contribution in [0.15, 0.2) is 66.9 Å². The summed E-state index contributed by atoms with van der Waals surface area (Å²) >= 11 is 0. The molecule has 3 nitrogen and oxygen atoms in total. The van der Waals surface area contributed by atoms with Crippen molar-refractivity contribution in [3.63, 3.8) is 0 Å². The van der Waals surface area contributed by atoms with Gasteiger partial charge in [-0.2, -0.15) is 0 Å². The first-order valence-corrected chi connectivity index (χ1v) is 5.79. The quantitative estimate of drug-likeness (QED) is 0.540. The van der Waals surface area contributed by atoms with Crippen molar-refractivity contribution in [1.29, 1.82) is 0 Å². The molecule has 0 saturated heterocycles. The van der Waals surface area contributed by atoms with Gasteiger partial charge in [-0.25, -0.2) is 0 Å². The Morgan fingerprint density at radius 1 is 0.750 bits per heavy atom.